The zero-order chi connectivity index (χ0) is 13.7. The number of hydrogen-bond donors (Lipinski definition) is 2. The average molecular weight is 259 g/mol. The molecule has 19 heavy (non-hydrogen) atoms. The molecule has 0 spiro atoms. The van der Waals surface area contributed by atoms with Gasteiger partial charge in [0.15, 0.2) is 0 Å². The fourth-order valence-corrected chi connectivity index (χ4v) is 1.59. The third-order valence-electron chi connectivity index (χ3n) is 2.66. The number of hydrogen-bond acceptors (Lipinski definition) is 5. The first-order valence-electron chi connectivity index (χ1n) is 5.73. The molecule has 0 bridgehead atoms. The first-order valence-corrected chi connectivity index (χ1v) is 5.73. The van der Waals surface area contributed by atoms with Crippen LogP contribution >= 0.6 is 0 Å². The molecule has 2 N–H and O–H groups in total. The highest BCUT2D eigenvalue weighted by Crippen LogP contribution is 2.11. The Balaban J connectivity index is 1.84. The van der Waals surface area contributed by atoms with Gasteiger partial charge in [-0.2, -0.15) is 10.2 Å². The summed E-state index contributed by atoms with van der Waals surface area (Å²) in [6.07, 6.45) is 4.81. The summed E-state index contributed by atoms with van der Waals surface area (Å²) in [7, 11) is 0. The van der Waals surface area contributed by atoms with E-state index >= 15 is 0 Å². The number of aromatic nitrogens is 1. The number of nitrogens with zero attached hydrogens (tertiary/aromatic N) is 3. The van der Waals surface area contributed by atoms with Crippen molar-refractivity contribution in [1.82, 2.24) is 15.8 Å². The van der Waals surface area contributed by atoms with E-state index in [2.05, 4.69) is 26.0 Å². The molecule has 1 aliphatic rings. The highest BCUT2D eigenvalue weighted by Gasteiger charge is 2.28. The normalized spacial score (nSPS) is 18.3. The summed E-state index contributed by atoms with van der Waals surface area (Å²) in [4.78, 5) is 26.8. The van der Waals surface area contributed by atoms with Crippen LogP contribution in [0.25, 0.3) is 0 Å². The molecule has 0 radical (unpaired) electrons. The Morgan fingerprint density at radius 1 is 1.53 bits per heavy atom. The molecule has 2 amide bonds. The van der Waals surface area contributed by atoms with E-state index in [0.717, 1.165) is 5.56 Å². The molecule has 98 valence electrons. The standard InChI is InChI=1S/C12H13N5O2/c1-8-10(12(19)17-15-8)6-11(18)16-14-7-9-2-4-13-5-3-9/h2-5,7,10H,6H2,1H3,(H,16,18)(H,17,19)/b14-7-/t10-/m1/s1. The Morgan fingerprint density at radius 2 is 2.26 bits per heavy atom. The van der Waals surface area contributed by atoms with Crippen molar-refractivity contribution in [1.29, 1.82) is 0 Å². The Bertz CT molecular complexity index is 538. The van der Waals surface area contributed by atoms with Crippen molar-refractivity contribution in [2.24, 2.45) is 16.1 Å². The summed E-state index contributed by atoms with van der Waals surface area (Å²) < 4.78 is 0. The zero-order valence-corrected chi connectivity index (χ0v) is 10.3. The van der Waals surface area contributed by atoms with E-state index in [4.69, 9.17) is 0 Å². The second-order valence-electron chi connectivity index (χ2n) is 4.06. The van der Waals surface area contributed by atoms with Gasteiger partial charge >= 0.3 is 0 Å². The highest BCUT2D eigenvalue weighted by atomic mass is 16.2. The molecule has 0 unspecified atom stereocenters. The van der Waals surface area contributed by atoms with Gasteiger partial charge in [-0.1, -0.05) is 0 Å². The van der Waals surface area contributed by atoms with Crippen LogP contribution < -0.4 is 10.9 Å². The van der Waals surface area contributed by atoms with Crippen molar-refractivity contribution < 1.29 is 9.59 Å². The molecule has 0 saturated carbocycles. The molecule has 7 nitrogen and oxygen atoms in total. The lowest BCUT2D eigenvalue weighted by Gasteiger charge is -2.05. The van der Waals surface area contributed by atoms with Gasteiger partial charge < -0.3 is 0 Å². The van der Waals surface area contributed by atoms with E-state index in [9.17, 15) is 9.59 Å². The fourth-order valence-electron chi connectivity index (χ4n) is 1.59. The van der Waals surface area contributed by atoms with Crippen LogP contribution in [0.1, 0.15) is 18.9 Å². The molecule has 1 aromatic heterocycles. The van der Waals surface area contributed by atoms with Gasteiger partial charge in [0.25, 0.3) is 0 Å². The second kappa shape index (κ2) is 5.85. The lowest BCUT2D eigenvalue weighted by atomic mass is 10.0. The van der Waals surface area contributed by atoms with Crippen LogP contribution in [0.3, 0.4) is 0 Å². The first-order chi connectivity index (χ1) is 9.16. The van der Waals surface area contributed by atoms with Crippen molar-refractivity contribution in [3.05, 3.63) is 30.1 Å². The van der Waals surface area contributed by atoms with E-state index < -0.39 is 5.92 Å². The lowest BCUT2D eigenvalue weighted by Crippen LogP contribution is -2.29. The van der Waals surface area contributed by atoms with Crippen LogP contribution in [0.5, 0.6) is 0 Å². The number of carbonyl (C=O) groups excluding carboxylic acids is 2. The predicted octanol–water partition coefficient (Wildman–Crippen LogP) is 0.0437. The van der Waals surface area contributed by atoms with Gasteiger partial charge in [-0.15, -0.1) is 0 Å². The van der Waals surface area contributed by atoms with Gasteiger partial charge in [-0.3, -0.25) is 14.6 Å². The number of nitrogens with one attached hydrogen (secondary N) is 2. The van der Waals surface area contributed by atoms with Crippen molar-refractivity contribution >= 4 is 23.7 Å². The molecule has 0 fully saturated rings. The molecular weight excluding hydrogens is 246 g/mol. The Hall–Kier alpha value is -2.57. The number of amides is 2. The monoisotopic (exact) mass is 259 g/mol. The van der Waals surface area contributed by atoms with Crippen molar-refractivity contribution in [2.75, 3.05) is 0 Å². The molecule has 2 heterocycles. The Kier molecular flexibility index (Phi) is 3.97. The molecule has 2 rings (SSSR count). The SMILES string of the molecule is CC1=NNC(=O)[C@@H]1CC(=O)N/N=C\c1ccncc1. The third-order valence-corrected chi connectivity index (χ3v) is 2.66. The maximum atomic E-state index is 11.6. The van der Waals surface area contributed by atoms with Crippen molar-refractivity contribution in [3.63, 3.8) is 0 Å². The minimum atomic E-state index is -0.504. The summed E-state index contributed by atoms with van der Waals surface area (Å²) in [5.41, 5.74) is 6.14. The third kappa shape index (κ3) is 3.44. The quantitative estimate of drug-likeness (QED) is 0.590. The van der Waals surface area contributed by atoms with E-state index in [0.29, 0.717) is 5.71 Å². The van der Waals surface area contributed by atoms with Gasteiger partial charge in [0.2, 0.25) is 11.8 Å². The molecule has 0 aromatic carbocycles. The van der Waals surface area contributed by atoms with Gasteiger partial charge in [0.05, 0.1) is 12.1 Å². The average Bonchev–Trinajstić information content (AvgIpc) is 2.72. The van der Waals surface area contributed by atoms with E-state index in [1.165, 1.54) is 6.21 Å². The predicted molar refractivity (Wildman–Crippen MR) is 69.3 cm³/mol. The lowest BCUT2D eigenvalue weighted by molar-refractivity contribution is -0.127. The number of carbonyl (C=O) groups is 2. The van der Waals surface area contributed by atoms with E-state index in [1.54, 1.807) is 31.5 Å². The summed E-state index contributed by atoms with van der Waals surface area (Å²) >= 11 is 0. The van der Waals surface area contributed by atoms with Crippen LogP contribution in [-0.4, -0.2) is 28.7 Å². The molecule has 0 aliphatic carbocycles. The minimum Gasteiger partial charge on any atom is -0.273 e. The molecule has 1 aromatic rings. The smallest absolute Gasteiger partial charge is 0.249 e. The summed E-state index contributed by atoms with van der Waals surface area (Å²) in [6, 6.07) is 3.52. The molecule has 7 heteroatoms. The molecule has 1 aliphatic heterocycles. The summed E-state index contributed by atoms with van der Waals surface area (Å²) in [5.74, 6) is -1.09. The van der Waals surface area contributed by atoms with Crippen LogP contribution in [0, 0.1) is 5.92 Å². The van der Waals surface area contributed by atoms with Gasteiger partial charge in [0, 0.05) is 24.5 Å². The maximum absolute atomic E-state index is 11.6. The summed E-state index contributed by atoms with van der Waals surface area (Å²) in [5, 5.41) is 7.58. The molecule has 1 atom stereocenters. The maximum Gasteiger partial charge on any atom is 0.249 e. The van der Waals surface area contributed by atoms with Crippen molar-refractivity contribution in [2.45, 2.75) is 13.3 Å². The van der Waals surface area contributed by atoms with Crippen LogP contribution in [-0.2, 0) is 9.59 Å². The highest BCUT2D eigenvalue weighted by molar-refractivity contribution is 6.09. The largest absolute Gasteiger partial charge is 0.273 e. The minimum absolute atomic E-state index is 0.0366. The first kappa shape index (κ1) is 12.9. The second-order valence-corrected chi connectivity index (χ2v) is 4.06. The fraction of sp³-hybridized carbons (Fsp3) is 0.250. The van der Waals surface area contributed by atoms with Crippen LogP contribution in [0.15, 0.2) is 34.7 Å². The number of pyridine rings is 1. The topological polar surface area (TPSA) is 95.8 Å². The van der Waals surface area contributed by atoms with Crippen LogP contribution in [0.2, 0.25) is 0 Å². The van der Waals surface area contributed by atoms with E-state index in [1.807, 2.05) is 0 Å². The van der Waals surface area contributed by atoms with Crippen molar-refractivity contribution in [3.8, 4) is 0 Å². The Labute approximate surface area is 109 Å². The van der Waals surface area contributed by atoms with Gasteiger partial charge in [-0.05, 0) is 24.6 Å². The Morgan fingerprint density at radius 3 is 2.89 bits per heavy atom. The number of rotatable bonds is 4. The van der Waals surface area contributed by atoms with Crippen LogP contribution in [0.4, 0.5) is 0 Å². The molecule has 0 saturated heterocycles. The zero-order valence-electron chi connectivity index (χ0n) is 10.3. The molecular formula is C12H13N5O2. The number of hydrazone groups is 2. The van der Waals surface area contributed by atoms with Gasteiger partial charge in [-0.25, -0.2) is 10.9 Å². The van der Waals surface area contributed by atoms with E-state index in [-0.39, 0.29) is 18.2 Å². The summed E-state index contributed by atoms with van der Waals surface area (Å²) in [6.45, 7) is 1.70. The van der Waals surface area contributed by atoms with Gasteiger partial charge in [0.1, 0.15) is 0 Å².